The summed E-state index contributed by atoms with van der Waals surface area (Å²) in [7, 11) is -3.72. The van der Waals surface area contributed by atoms with E-state index >= 15 is 0 Å². The Bertz CT molecular complexity index is 788. The first-order valence-corrected chi connectivity index (χ1v) is 9.34. The Morgan fingerprint density at radius 2 is 1.62 bits per heavy atom. The summed E-state index contributed by atoms with van der Waals surface area (Å²) in [6, 6.07) is 13.1. The fraction of sp³-hybridized carbons (Fsp3) is 0.188. The van der Waals surface area contributed by atoms with Crippen LogP contribution in [0.4, 0.5) is 0 Å². The van der Waals surface area contributed by atoms with E-state index in [0.717, 1.165) is 10.0 Å². The molecule has 0 saturated heterocycles. The molecule has 2 rings (SSSR count). The minimum absolute atomic E-state index is 0.00998. The number of primary sulfonamides is 1. The predicted molar refractivity (Wildman–Crippen MR) is 92.1 cm³/mol. The van der Waals surface area contributed by atoms with Gasteiger partial charge in [-0.3, -0.25) is 4.79 Å². The number of sulfonamides is 1. The molecular formula is C16H16BrNO5S. The van der Waals surface area contributed by atoms with Gasteiger partial charge in [0.1, 0.15) is 19.0 Å². The Morgan fingerprint density at radius 3 is 2.21 bits per heavy atom. The zero-order valence-corrected chi connectivity index (χ0v) is 15.0. The Morgan fingerprint density at radius 1 is 1.00 bits per heavy atom. The average molecular weight is 414 g/mol. The van der Waals surface area contributed by atoms with Gasteiger partial charge in [-0.15, -0.1) is 0 Å². The van der Waals surface area contributed by atoms with Crippen molar-refractivity contribution in [3.05, 3.63) is 58.6 Å². The molecule has 0 spiro atoms. The molecule has 0 heterocycles. The summed E-state index contributed by atoms with van der Waals surface area (Å²) in [5.74, 6) is 0.122. The van der Waals surface area contributed by atoms with Crippen LogP contribution in [0.2, 0.25) is 0 Å². The van der Waals surface area contributed by atoms with Crippen molar-refractivity contribution in [1.82, 2.24) is 0 Å². The van der Waals surface area contributed by atoms with Crippen molar-refractivity contribution in [3.8, 4) is 5.75 Å². The largest absolute Gasteiger partial charge is 0.490 e. The predicted octanol–water partition coefficient (Wildman–Crippen LogP) is 2.26. The van der Waals surface area contributed by atoms with E-state index < -0.39 is 10.0 Å². The van der Waals surface area contributed by atoms with Crippen molar-refractivity contribution >= 4 is 31.9 Å². The number of benzene rings is 2. The highest BCUT2D eigenvalue weighted by Gasteiger charge is 2.08. The van der Waals surface area contributed by atoms with Crippen molar-refractivity contribution in [2.24, 2.45) is 5.14 Å². The summed E-state index contributed by atoms with van der Waals surface area (Å²) in [5, 5.41) is 5.00. The molecule has 0 aliphatic rings. The van der Waals surface area contributed by atoms with E-state index in [1.165, 1.54) is 24.3 Å². The molecule has 0 atom stereocenters. The van der Waals surface area contributed by atoms with E-state index in [2.05, 4.69) is 15.9 Å². The first-order valence-electron chi connectivity index (χ1n) is 7.00. The lowest BCUT2D eigenvalue weighted by Gasteiger charge is -2.08. The van der Waals surface area contributed by atoms with Crippen LogP contribution in [-0.2, 0) is 26.0 Å². The number of ether oxygens (including phenoxy) is 2. The molecule has 6 nitrogen and oxygen atoms in total. The molecule has 0 aliphatic heterocycles. The van der Waals surface area contributed by atoms with Gasteiger partial charge >= 0.3 is 5.97 Å². The van der Waals surface area contributed by atoms with Crippen LogP contribution in [0.5, 0.6) is 5.75 Å². The lowest BCUT2D eigenvalue weighted by molar-refractivity contribution is -0.143. The van der Waals surface area contributed by atoms with E-state index in [-0.39, 0.29) is 30.5 Å². The third-order valence-corrected chi connectivity index (χ3v) is 4.49. The van der Waals surface area contributed by atoms with E-state index in [4.69, 9.17) is 14.6 Å². The monoisotopic (exact) mass is 413 g/mol. The molecule has 0 fully saturated rings. The minimum Gasteiger partial charge on any atom is -0.490 e. The first kappa shape index (κ1) is 18.4. The van der Waals surface area contributed by atoms with E-state index in [1.54, 1.807) is 0 Å². The maximum Gasteiger partial charge on any atom is 0.310 e. The maximum absolute atomic E-state index is 11.7. The topological polar surface area (TPSA) is 95.7 Å². The fourth-order valence-corrected chi connectivity index (χ4v) is 2.64. The van der Waals surface area contributed by atoms with Crippen LogP contribution in [0.3, 0.4) is 0 Å². The molecule has 0 amide bonds. The summed E-state index contributed by atoms with van der Waals surface area (Å²) in [5.41, 5.74) is 0.864. The van der Waals surface area contributed by atoms with Gasteiger partial charge in [-0.2, -0.15) is 0 Å². The second kappa shape index (κ2) is 8.27. The molecule has 0 aliphatic carbocycles. The summed E-state index contributed by atoms with van der Waals surface area (Å²) in [6.07, 6.45) is 0.191. The molecule has 2 aromatic carbocycles. The molecule has 0 unspecified atom stereocenters. The van der Waals surface area contributed by atoms with E-state index in [0.29, 0.717) is 5.75 Å². The van der Waals surface area contributed by atoms with Gasteiger partial charge in [0.05, 0.1) is 11.3 Å². The molecule has 2 aromatic rings. The van der Waals surface area contributed by atoms with Crippen LogP contribution in [0.15, 0.2) is 57.9 Å². The van der Waals surface area contributed by atoms with Gasteiger partial charge in [-0.1, -0.05) is 28.1 Å². The molecular weight excluding hydrogens is 398 g/mol. The van der Waals surface area contributed by atoms with Gasteiger partial charge in [0.25, 0.3) is 0 Å². The highest BCUT2D eigenvalue weighted by molar-refractivity contribution is 9.10. The van der Waals surface area contributed by atoms with Crippen LogP contribution in [0.1, 0.15) is 5.56 Å². The van der Waals surface area contributed by atoms with Gasteiger partial charge < -0.3 is 9.47 Å². The smallest absolute Gasteiger partial charge is 0.310 e. The zero-order chi connectivity index (χ0) is 17.6. The second-order valence-corrected chi connectivity index (χ2v) is 7.37. The van der Waals surface area contributed by atoms with Crippen molar-refractivity contribution < 1.29 is 22.7 Å². The van der Waals surface area contributed by atoms with Crippen molar-refractivity contribution in [2.45, 2.75) is 11.3 Å². The maximum atomic E-state index is 11.7. The summed E-state index contributed by atoms with van der Waals surface area (Å²) in [6.45, 7) is 0.271. The summed E-state index contributed by atoms with van der Waals surface area (Å²) in [4.78, 5) is 11.7. The molecule has 24 heavy (non-hydrogen) atoms. The second-order valence-electron chi connectivity index (χ2n) is 4.89. The van der Waals surface area contributed by atoms with Gasteiger partial charge in [0.15, 0.2) is 0 Å². The molecule has 128 valence electrons. The number of carbonyl (C=O) groups is 1. The van der Waals surface area contributed by atoms with E-state index in [9.17, 15) is 13.2 Å². The normalized spacial score (nSPS) is 11.1. The van der Waals surface area contributed by atoms with Gasteiger partial charge in [-0.25, -0.2) is 13.6 Å². The highest BCUT2D eigenvalue weighted by Crippen LogP contribution is 2.15. The number of halogens is 1. The molecule has 0 bridgehead atoms. The lowest BCUT2D eigenvalue weighted by Crippen LogP contribution is -2.14. The van der Waals surface area contributed by atoms with Gasteiger partial charge in [0.2, 0.25) is 10.0 Å². The number of carbonyl (C=O) groups excluding carboxylic acids is 1. The molecule has 0 aromatic heterocycles. The standard InChI is InChI=1S/C16H16BrNO5S/c17-13-3-1-12(2-4-13)11-16(19)23-10-9-22-14-5-7-15(8-6-14)24(18,20)21/h1-8H,9-11H2,(H2,18,20,21). The SMILES string of the molecule is NS(=O)(=O)c1ccc(OCCOC(=O)Cc2ccc(Br)cc2)cc1. The number of hydrogen-bond donors (Lipinski definition) is 1. The third-order valence-electron chi connectivity index (χ3n) is 3.03. The van der Waals surface area contributed by atoms with Crippen LogP contribution >= 0.6 is 15.9 Å². The fourth-order valence-electron chi connectivity index (χ4n) is 1.86. The Balaban J connectivity index is 1.72. The number of hydrogen-bond acceptors (Lipinski definition) is 5. The Labute approximate surface area is 148 Å². The van der Waals surface area contributed by atoms with E-state index in [1.807, 2.05) is 24.3 Å². The van der Waals surface area contributed by atoms with Crippen LogP contribution < -0.4 is 9.88 Å². The average Bonchev–Trinajstić information content (AvgIpc) is 2.53. The number of rotatable bonds is 7. The number of esters is 1. The zero-order valence-electron chi connectivity index (χ0n) is 12.6. The summed E-state index contributed by atoms with van der Waals surface area (Å²) >= 11 is 3.33. The molecule has 0 radical (unpaired) electrons. The molecule has 0 saturated carbocycles. The molecule has 2 N–H and O–H groups in total. The van der Waals surface area contributed by atoms with Gasteiger partial charge in [-0.05, 0) is 42.0 Å². The van der Waals surface area contributed by atoms with Gasteiger partial charge in [0, 0.05) is 4.47 Å². The van der Waals surface area contributed by atoms with Crippen LogP contribution in [0.25, 0.3) is 0 Å². The van der Waals surface area contributed by atoms with Crippen LogP contribution in [0, 0.1) is 0 Å². The lowest BCUT2D eigenvalue weighted by atomic mass is 10.2. The quantitative estimate of drug-likeness (QED) is 0.554. The Kier molecular flexibility index (Phi) is 6.36. The number of nitrogens with two attached hydrogens (primary N) is 1. The Hall–Kier alpha value is -1.90. The van der Waals surface area contributed by atoms with Crippen molar-refractivity contribution in [3.63, 3.8) is 0 Å². The third kappa shape index (κ3) is 5.95. The summed E-state index contributed by atoms with van der Waals surface area (Å²) < 4.78 is 33.7. The van der Waals surface area contributed by atoms with Crippen molar-refractivity contribution in [2.75, 3.05) is 13.2 Å². The van der Waals surface area contributed by atoms with Crippen LogP contribution in [-0.4, -0.2) is 27.6 Å². The first-order chi connectivity index (χ1) is 11.3. The highest BCUT2D eigenvalue weighted by atomic mass is 79.9. The van der Waals surface area contributed by atoms with Crippen molar-refractivity contribution in [1.29, 1.82) is 0 Å². The minimum atomic E-state index is -3.72. The molecule has 8 heteroatoms.